The average Bonchev–Trinajstić information content (AvgIpc) is 3.10. The Hall–Kier alpha value is -1.38. The van der Waals surface area contributed by atoms with Gasteiger partial charge in [-0.15, -0.1) is 0 Å². The molecule has 0 amide bonds. The van der Waals surface area contributed by atoms with Crippen LogP contribution in [0.1, 0.15) is 36.8 Å². The van der Waals surface area contributed by atoms with Crippen molar-refractivity contribution in [3.05, 3.63) is 59.7 Å². The highest BCUT2D eigenvalue weighted by Crippen LogP contribution is 2.31. The third kappa shape index (κ3) is 3.65. The zero-order valence-electron chi connectivity index (χ0n) is 15.3. The molecule has 1 saturated carbocycles. The lowest BCUT2D eigenvalue weighted by Crippen LogP contribution is -2.57. The van der Waals surface area contributed by atoms with Crippen molar-refractivity contribution in [1.29, 1.82) is 0 Å². The number of aryl methyl sites for hydroxylation is 2. The van der Waals surface area contributed by atoms with Gasteiger partial charge in [-0.2, -0.15) is 0 Å². The van der Waals surface area contributed by atoms with Crippen molar-refractivity contribution in [2.75, 3.05) is 0 Å². The lowest BCUT2D eigenvalue weighted by atomic mass is 10.0. The van der Waals surface area contributed by atoms with E-state index < -0.39 is 8.07 Å². The van der Waals surface area contributed by atoms with Gasteiger partial charge in [0.2, 0.25) is 0 Å². The maximum Gasteiger partial charge on any atom is 0.117 e. The van der Waals surface area contributed by atoms with Gasteiger partial charge in [0.1, 0.15) is 8.07 Å². The van der Waals surface area contributed by atoms with Crippen LogP contribution in [0.25, 0.3) is 0 Å². The van der Waals surface area contributed by atoms with Crippen molar-refractivity contribution in [2.45, 2.75) is 58.2 Å². The molecular formula is C22H30OSi. The van der Waals surface area contributed by atoms with E-state index in [-0.39, 0.29) is 6.10 Å². The first-order chi connectivity index (χ1) is 11.5. The number of rotatable bonds is 5. The Bertz CT molecular complexity index is 608. The zero-order valence-corrected chi connectivity index (χ0v) is 16.3. The van der Waals surface area contributed by atoms with E-state index in [0.717, 1.165) is 6.04 Å². The largest absolute Gasteiger partial charge is 0.393 e. The van der Waals surface area contributed by atoms with Crippen molar-refractivity contribution >= 4 is 18.4 Å². The average molecular weight is 339 g/mol. The summed E-state index contributed by atoms with van der Waals surface area (Å²) in [4.78, 5) is 0. The zero-order chi connectivity index (χ0) is 17.2. The van der Waals surface area contributed by atoms with Crippen molar-refractivity contribution in [3.63, 3.8) is 0 Å². The fourth-order valence-corrected chi connectivity index (χ4v) is 7.95. The third-order valence-corrected chi connectivity index (χ3v) is 10.4. The minimum atomic E-state index is -1.93. The van der Waals surface area contributed by atoms with Gasteiger partial charge in [0.05, 0.1) is 6.10 Å². The first-order valence-electron chi connectivity index (χ1n) is 9.31. The molecule has 2 aromatic carbocycles. The molecular weight excluding hydrogens is 308 g/mol. The molecule has 24 heavy (non-hydrogen) atoms. The highest BCUT2D eigenvalue weighted by molar-refractivity contribution is 7.01. The van der Waals surface area contributed by atoms with Crippen molar-refractivity contribution in [2.24, 2.45) is 5.92 Å². The summed E-state index contributed by atoms with van der Waals surface area (Å²) in [6.45, 7) is 6.71. The lowest BCUT2D eigenvalue weighted by molar-refractivity contribution is 0.128. The van der Waals surface area contributed by atoms with Crippen molar-refractivity contribution in [3.8, 4) is 0 Å². The minimum absolute atomic E-state index is 0.160. The first kappa shape index (κ1) is 17.4. The molecule has 1 aliphatic carbocycles. The Morgan fingerprint density at radius 1 is 0.875 bits per heavy atom. The van der Waals surface area contributed by atoms with E-state index in [2.05, 4.69) is 68.9 Å². The standard InChI is InChI=1S/C22H30OSi/c1-17-8-12-20(13-9-17)24(3,21-14-10-18(2)11-15-21)16-22(23)19-6-4-5-7-19/h8-15,19,22-23H,4-7,16H2,1-3H3/t22-/m1/s1. The van der Waals surface area contributed by atoms with Crippen LogP contribution in [0.4, 0.5) is 0 Å². The van der Waals surface area contributed by atoms with Crippen LogP contribution < -0.4 is 10.4 Å². The summed E-state index contributed by atoms with van der Waals surface area (Å²) in [6, 6.07) is 19.0. The molecule has 128 valence electrons. The number of hydrogen-bond donors (Lipinski definition) is 1. The Labute approximate surface area is 147 Å². The van der Waals surface area contributed by atoms with Crippen LogP contribution in [0.3, 0.4) is 0 Å². The summed E-state index contributed by atoms with van der Waals surface area (Å²) >= 11 is 0. The third-order valence-electron chi connectivity index (χ3n) is 5.94. The Morgan fingerprint density at radius 2 is 1.29 bits per heavy atom. The molecule has 1 fully saturated rings. The summed E-state index contributed by atoms with van der Waals surface area (Å²) in [6.07, 6.45) is 4.82. The minimum Gasteiger partial charge on any atom is -0.393 e. The summed E-state index contributed by atoms with van der Waals surface area (Å²) in [7, 11) is -1.93. The summed E-state index contributed by atoms with van der Waals surface area (Å²) < 4.78 is 0. The van der Waals surface area contributed by atoms with Crippen molar-refractivity contribution < 1.29 is 5.11 Å². The predicted octanol–water partition coefficient (Wildman–Crippen LogP) is 4.05. The van der Waals surface area contributed by atoms with E-state index in [1.807, 2.05) is 0 Å². The molecule has 1 N–H and O–H groups in total. The van der Waals surface area contributed by atoms with E-state index >= 15 is 0 Å². The van der Waals surface area contributed by atoms with E-state index in [0.29, 0.717) is 5.92 Å². The summed E-state index contributed by atoms with van der Waals surface area (Å²) in [5.41, 5.74) is 2.60. The molecule has 1 aliphatic rings. The maximum atomic E-state index is 11.0. The van der Waals surface area contributed by atoms with E-state index in [9.17, 15) is 5.11 Å². The van der Waals surface area contributed by atoms with Crippen LogP contribution >= 0.6 is 0 Å². The maximum absolute atomic E-state index is 11.0. The van der Waals surface area contributed by atoms with Gasteiger partial charge >= 0.3 is 0 Å². The van der Waals surface area contributed by atoms with Gasteiger partial charge in [0.15, 0.2) is 0 Å². The molecule has 0 unspecified atom stereocenters. The number of aliphatic hydroxyl groups is 1. The van der Waals surface area contributed by atoms with E-state index in [1.165, 1.54) is 47.2 Å². The highest BCUT2D eigenvalue weighted by Gasteiger charge is 2.37. The van der Waals surface area contributed by atoms with Gasteiger partial charge in [-0.05, 0) is 38.7 Å². The van der Waals surface area contributed by atoms with Gasteiger partial charge in [-0.3, -0.25) is 0 Å². The quantitative estimate of drug-likeness (QED) is 0.816. The molecule has 0 aliphatic heterocycles. The van der Waals surface area contributed by atoms with Gasteiger partial charge < -0.3 is 5.11 Å². The van der Waals surface area contributed by atoms with Crippen LogP contribution in [0.5, 0.6) is 0 Å². The smallest absolute Gasteiger partial charge is 0.117 e. The topological polar surface area (TPSA) is 20.2 Å². The Balaban J connectivity index is 1.96. The molecule has 0 heterocycles. The normalized spacial score (nSPS) is 17.2. The first-order valence-corrected chi connectivity index (χ1v) is 12.0. The molecule has 2 aromatic rings. The predicted molar refractivity (Wildman–Crippen MR) is 106 cm³/mol. The highest BCUT2D eigenvalue weighted by atomic mass is 28.3. The van der Waals surface area contributed by atoms with Crippen LogP contribution in [0.2, 0.25) is 12.6 Å². The van der Waals surface area contributed by atoms with Gasteiger partial charge in [0.25, 0.3) is 0 Å². The van der Waals surface area contributed by atoms with Crippen LogP contribution in [0, 0.1) is 19.8 Å². The molecule has 0 radical (unpaired) electrons. The fourth-order valence-electron chi connectivity index (χ4n) is 4.17. The second-order valence-electron chi connectivity index (χ2n) is 7.88. The summed E-state index contributed by atoms with van der Waals surface area (Å²) in [5.74, 6) is 0.507. The van der Waals surface area contributed by atoms with Crippen LogP contribution in [0.15, 0.2) is 48.5 Å². The summed E-state index contributed by atoms with van der Waals surface area (Å²) in [5, 5.41) is 13.8. The number of benzene rings is 2. The molecule has 0 aromatic heterocycles. The van der Waals surface area contributed by atoms with Gasteiger partial charge in [0, 0.05) is 0 Å². The van der Waals surface area contributed by atoms with Crippen molar-refractivity contribution in [1.82, 2.24) is 0 Å². The molecule has 1 atom stereocenters. The Kier molecular flexibility index (Phi) is 5.26. The molecule has 3 rings (SSSR count). The molecule has 1 nitrogen and oxygen atoms in total. The van der Waals surface area contributed by atoms with Gasteiger partial charge in [-0.25, -0.2) is 0 Å². The van der Waals surface area contributed by atoms with Crippen LogP contribution in [-0.4, -0.2) is 19.3 Å². The second kappa shape index (κ2) is 7.24. The molecule has 0 saturated heterocycles. The SMILES string of the molecule is Cc1ccc([Si](C)(C[C@@H](O)C2CCCC2)c2ccc(C)cc2)cc1. The van der Waals surface area contributed by atoms with Crippen LogP contribution in [-0.2, 0) is 0 Å². The molecule has 0 bridgehead atoms. The molecule has 0 spiro atoms. The molecule has 2 heteroatoms. The van der Waals surface area contributed by atoms with E-state index in [4.69, 9.17) is 0 Å². The van der Waals surface area contributed by atoms with E-state index in [1.54, 1.807) is 0 Å². The lowest BCUT2D eigenvalue weighted by Gasteiger charge is -2.33. The Morgan fingerprint density at radius 3 is 1.71 bits per heavy atom. The fraction of sp³-hybridized carbons (Fsp3) is 0.455. The van der Waals surface area contributed by atoms with Gasteiger partial charge in [-0.1, -0.05) is 89.4 Å². The number of aliphatic hydroxyl groups excluding tert-OH is 1. The second-order valence-corrected chi connectivity index (χ2v) is 12.1. The monoisotopic (exact) mass is 338 g/mol. The number of hydrogen-bond acceptors (Lipinski definition) is 1.